The minimum Gasteiger partial charge on any atom is -0.444 e. The Morgan fingerprint density at radius 1 is 0.870 bits per heavy atom. The van der Waals surface area contributed by atoms with Crippen LogP contribution in [0.1, 0.15) is 44.7 Å². The molecule has 1 amide bonds. The van der Waals surface area contributed by atoms with Gasteiger partial charge in [-0.15, -0.1) is 0 Å². The number of fused-ring (bicyclic) bond motifs is 3. The van der Waals surface area contributed by atoms with Gasteiger partial charge in [0.25, 0.3) is 0 Å². The Hall–Kier alpha value is -2.32. The number of hydrogen-bond acceptors (Lipinski definition) is 6. The van der Waals surface area contributed by atoms with Gasteiger partial charge in [-0.25, -0.2) is 9.78 Å². The number of piperazine rings is 1. The summed E-state index contributed by atoms with van der Waals surface area (Å²) in [4.78, 5) is 21.9. The van der Waals surface area contributed by atoms with Crippen LogP contribution < -0.4 is 10.6 Å². The number of nitrogens with one attached hydrogen (secondary N) is 2. The first-order chi connectivity index (χ1) is 21.8. The van der Waals surface area contributed by atoms with E-state index in [-0.39, 0.29) is 23.2 Å². The third-order valence-electron chi connectivity index (χ3n) is 8.03. The van der Waals surface area contributed by atoms with Crippen LogP contribution in [0.5, 0.6) is 0 Å². The molecule has 244 valence electrons. The van der Waals surface area contributed by atoms with Crippen molar-refractivity contribution >= 4 is 28.5 Å². The van der Waals surface area contributed by atoms with E-state index in [4.69, 9.17) is 9.72 Å². The molecule has 9 heteroatoms. The first kappa shape index (κ1) is 36.5. The topological polar surface area (TPSA) is 74.1 Å². The first-order valence-corrected chi connectivity index (χ1v) is 16.2. The molecule has 2 saturated carbocycles. The molecule has 2 N–H and O–H groups in total. The number of alkyl carbamates (subject to hydrolysis) is 1. The zero-order valence-corrected chi connectivity index (χ0v) is 28.7. The smallest absolute Gasteiger partial charge is 0.444 e. The number of nitrogens with zero attached hydrogens (tertiary/aromatic N) is 4. The summed E-state index contributed by atoms with van der Waals surface area (Å²) in [5.41, 5.74) is 5.33. The number of rotatable bonds is 10. The molecule has 10 radical (unpaired) electrons. The van der Waals surface area contributed by atoms with E-state index >= 15 is 0 Å². The molecule has 0 unspecified atom stereocenters. The molecule has 3 aromatic rings. The molecule has 8 nitrogen and oxygen atoms in total. The summed E-state index contributed by atoms with van der Waals surface area (Å²) in [6.07, 6.45) is 22.5. The maximum atomic E-state index is 11.8. The van der Waals surface area contributed by atoms with Crippen molar-refractivity contribution in [3.05, 3.63) is 105 Å². The van der Waals surface area contributed by atoms with Gasteiger partial charge >= 0.3 is 23.2 Å². The Balaban J connectivity index is 0.000000731. The number of hydrogen-bond donors (Lipinski definition) is 2. The number of para-hydroxylation sites is 2. The van der Waals surface area contributed by atoms with Crippen LogP contribution in [-0.2, 0) is 21.8 Å². The van der Waals surface area contributed by atoms with Gasteiger partial charge in [0.15, 0.2) is 5.82 Å². The van der Waals surface area contributed by atoms with Crippen molar-refractivity contribution in [2.24, 2.45) is 0 Å². The number of carbonyl (C=O) groups is 1. The van der Waals surface area contributed by atoms with E-state index in [9.17, 15) is 4.79 Å². The number of benzene rings is 1. The van der Waals surface area contributed by atoms with Gasteiger partial charge in [-0.1, -0.05) is 12.1 Å². The third-order valence-corrected chi connectivity index (χ3v) is 8.03. The van der Waals surface area contributed by atoms with Crippen LogP contribution in [0.3, 0.4) is 0 Å². The molecule has 0 spiro atoms. The maximum Gasteiger partial charge on any atom is 2.00 e. The van der Waals surface area contributed by atoms with Crippen molar-refractivity contribution in [3.8, 4) is 0 Å². The van der Waals surface area contributed by atoms with Crippen molar-refractivity contribution < 1.29 is 26.6 Å². The Morgan fingerprint density at radius 3 is 2.07 bits per heavy atom. The molecule has 0 bridgehead atoms. The second-order valence-electron chi connectivity index (χ2n) is 12.7. The van der Waals surface area contributed by atoms with Gasteiger partial charge in [0.2, 0.25) is 0 Å². The molecular formula is C37H48FeN6O2+2. The van der Waals surface area contributed by atoms with Gasteiger partial charge < -0.3 is 29.6 Å². The summed E-state index contributed by atoms with van der Waals surface area (Å²) in [5.74, 6) is 2.19. The standard InChI is InChI=1S/C32H43N6O2.C5H5.Fe/c1-24-23-38-27-14-8-7-13-26(27)35-30(29(38)28(24)25-11-5-6-12-25)33-15-9-17-36-19-21-37(22-20-36)18-10-16-34-31(39)40-32(2,3)4;1-2-4-5-3-1;/h5-8,11-14,23H,9-10,15-22H2,1-4H3,(H,33,35)(H,34,39);1-5H;/q;;+2. The maximum absolute atomic E-state index is 11.8. The molecule has 3 heterocycles. The largest absolute Gasteiger partial charge is 2.00 e. The van der Waals surface area contributed by atoms with Crippen molar-refractivity contribution in [2.45, 2.75) is 46.1 Å². The van der Waals surface area contributed by atoms with Crippen LogP contribution in [0.15, 0.2) is 30.5 Å². The SMILES string of the molecule is Cc1cn2c(c(NCCCN3CCN(CCCNC(=O)OC(C)(C)C)CC3)nc3ccccc32)c1[C]1[CH][CH][CH][CH]1.[CH]1[CH][CH][CH][CH]1.[Fe+2]. The van der Waals surface area contributed by atoms with Crippen molar-refractivity contribution in [2.75, 3.05) is 57.7 Å². The molecule has 2 aliphatic carbocycles. The van der Waals surface area contributed by atoms with Gasteiger partial charge in [0, 0.05) is 51.4 Å². The average molecular weight is 665 g/mol. The van der Waals surface area contributed by atoms with Crippen LogP contribution in [0.2, 0.25) is 0 Å². The number of aryl methyl sites for hydroxylation is 1. The third kappa shape index (κ3) is 10.3. The molecule has 3 fully saturated rings. The number of carbonyl (C=O) groups excluding carboxylic acids is 1. The minimum absolute atomic E-state index is 0. The Bertz CT molecular complexity index is 1360. The first-order valence-electron chi connectivity index (χ1n) is 16.2. The summed E-state index contributed by atoms with van der Waals surface area (Å²) < 4.78 is 7.60. The van der Waals surface area contributed by atoms with Crippen LogP contribution >= 0.6 is 0 Å². The summed E-state index contributed by atoms with van der Waals surface area (Å²) >= 11 is 0. The van der Waals surface area contributed by atoms with Crippen molar-refractivity contribution in [3.63, 3.8) is 0 Å². The Kier molecular flexibility index (Phi) is 14.1. The quantitative estimate of drug-likeness (QED) is 0.208. The van der Waals surface area contributed by atoms with Gasteiger partial charge in [-0.05, 0) is 135 Å². The molecule has 3 aliphatic rings. The van der Waals surface area contributed by atoms with Gasteiger partial charge in [-0.2, -0.15) is 0 Å². The van der Waals surface area contributed by atoms with Gasteiger partial charge in [-0.3, -0.25) is 0 Å². The van der Waals surface area contributed by atoms with Crippen LogP contribution in [-0.4, -0.2) is 83.2 Å². The molecule has 0 atom stereocenters. The molecule has 2 aromatic heterocycles. The fourth-order valence-corrected chi connectivity index (χ4v) is 5.89. The number of ether oxygens (including phenoxy) is 1. The second kappa shape index (κ2) is 17.7. The molecule has 1 saturated heterocycles. The molecule has 1 aromatic carbocycles. The van der Waals surface area contributed by atoms with E-state index in [2.05, 4.69) is 87.9 Å². The number of anilines is 1. The summed E-state index contributed by atoms with van der Waals surface area (Å²) in [5, 5.41) is 6.54. The van der Waals surface area contributed by atoms with Crippen LogP contribution in [0, 0.1) is 70.6 Å². The zero-order chi connectivity index (χ0) is 31.6. The van der Waals surface area contributed by atoms with E-state index < -0.39 is 5.60 Å². The molecular weight excluding hydrogens is 616 g/mol. The van der Waals surface area contributed by atoms with E-state index in [0.29, 0.717) is 6.54 Å². The summed E-state index contributed by atoms with van der Waals surface area (Å²) in [7, 11) is 0. The predicted octanol–water partition coefficient (Wildman–Crippen LogP) is 5.90. The minimum atomic E-state index is -0.456. The molecule has 6 rings (SSSR count). The van der Waals surface area contributed by atoms with Crippen LogP contribution in [0.25, 0.3) is 16.6 Å². The number of aromatic nitrogens is 2. The van der Waals surface area contributed by atoms with E-state index in [1.807, 2.05) is 52.9 Å². The van der Waals surface area contributed by atoms with Crippen LogP contribution in [0.4, 0.5) is 10.6 Å². The average Bonchev–Trinajstić information content (AvgIpc) is 3.81. The Morgan fingerprint density at radius 2 is 1.46 bits per heavy atom. The second-order valence-corrected chi connectivity index (χ2v) is 12.7. The summed E-state index contributed by atoms with van der Waals surface area (Å²) in [6, 6.07) is 8.36. The van der Waals surface area contributed by atoms with Crippen molar-refractivity contribution in [1.82, 2.24) is 24.5 Å². The van der Waals surface area contributed by atoms with Gasteiger partial charge in [0.1, 0.15) is 5.60 Å². The molecule has 46 heavy (non-hydrogen) atoms. The van der Waals surface area contributed by atoms with Crippen molar-refractivity contribution in [1.29, 1.82) is 0 Å². The monoisotopic (exact) mass is 664 g/mol. The van der Waals surface area contributed by atoms with Gasteiger partial charge in [0.05, 0.1) is 16.6 Å². The fraction of sp³-hybridized carbons (Fsp3) is 0.405. The predicted molar refractivity (Wildman–Crippen MR) is 183 cm³/mol. The van der Waals surface area contributed by atoms with E-state index in [0.717, 1.165) is 81.0 Å². The van der Waals surface area contributed by atoms with E-state index in [1.165, 1.54) is 17.0 Å². The number of amides is 1. The summed E-state index contributed by atoms with van der Waals surface area (Å²) in [6.45, 7) is 15.7. The normalized spacial score (nSPS) is 17.9. The zero-order valence-electron chi connectivity index (χ0n) is 27.6. The molecule has 1 aliphatic heterocycles. The Labute approximate surface area is 287 Å². The fourth-order valence-electron chi connectivity index (χ4n) is 5.89. The van der Waals surface area contributed by atoms with E-state index in [1.54, 1.807) is 0 Å².